The van der Waals surface area contributed by atoms with Crippen LogP contribution in [0.25, 0.3) is 6.08 Å². The monoisotopic (exact) mass is 374 g/mol. The Bertz CT molecular complexity index is 968. The molecular formula is C19H18O8. The van der Waals surface area contributed by atoms with E-state index in [0.717, 1.165) is 25.5 Å². The molecule has 8 nitrogen and oxygen atoms in total. The topological polar surface area (TPSA) is 112 Å². The summed E-state index contributed by atoms with van der Waals surface area (Å²) in [7, 11) is 3.65. The molecule has 0 spiro atoms. The fourth-order valence-corrected chi connectivity index (χ4v) is 2.48. The quantitative estimate of drug-likeness (QED) is 0.606. The molecule has 0 aliphatic heterocycles. The van der Waals surface area contributed by atoms with E-state index in [4.69, 9.17) is 13.9 Å². The van der Waals surface area contributed by atoms with Crippen LogP contribution in [0.1, 0.15) is 39.0 Å². The summed E-state index contributed by atoms with van der Waals surface area (Å²) in [5.41, 5.74) is -1.58. The first-order valence-corrected chi connectivity index (χ1v) is 7.76. The third kappa shape index (κ3) is 3.69. The zero-order valence-electron chi connectivity index (χ0n) is 15.2. The molecule has 0 radical (unpaired) electrons. The van der Waals surface area contributed by atoms with Crippen molar-refractivity contribution in [3.8, 4) is 17.2 Å². The minimum atomic E-state index is -0.880. The minimum Gasteiger partial charge on any atom is -0.508 e. The lowest BCUT2D eigenvalue weighted by Gasteiger charge is -2.13. The fourth-order valence-electron chi connectivity index (χ4n) is 2.48. The van der Waals surface area contributed by atoms with E-state index in [2.05, 4.69) is 4.74 Å². The first kappa shape index (κ1) is 19.8. The Morgan fingerprint density at radius 3 is 2.37 bits per heavy atom. The molecule has 0 bridgehead atoms. The number of phenols is 1. The second-order valence-electron chi connectivity index (χ2n) is 5.27. The fraction of sp³-hybridized carbons (Fsp3) is 0.211. The largest absolute Gasteiger partial charge is 0.508 e. The molecule has 8 heteroatoms. The Labute approximate surface area is 154 Å². The number of carbonyl (C=O) groups excluding carboxylic acids is 2. The molecule has 142 valence electrons. The number of carbonyl (C=O) groups is 2. The van der Waals surface area contributed by atoms with Crippen molar-refractivity contribution in [2.75, 3.05) is 21.3 Å². The minimum absolute atomic E-state index is 0.101. The lowest BCUT2D eigenvalue weighted by molar-refractivity contribution is 0.0596. The van der Waals surface area contributed by atoms with Gasteiger partial charge < -0.3 is 23.7 Å². The van der Waals surface area contributed by atoms with Gasteiger partial charge in [-0.3, -0.25) is 9.59 Å². The molecule has 0 saturated carbocycles. The Kier molecular flexibility index (Phi) is 6.02. The number of rotatable bonds is 6. The van der Waals surface area contributed by atoms with Crippen LogP contribution in [0.15, 0.2) is 33.7 Å². The first-order chi connectivity index (χ1) is 12.9. The van der Waals surface area contributed by atoms with Gasteiger partial charge in [-0.2, -0.15) is 0 Å². The zero-order chi connectivity index (χ0) is 20.1. The Balaban J connectivity index is 2.76. The summed E-state index contributed by atoms with van der Waals surface area (Å²) in [5, 5.41) is 9.77. The number of methoxy groups -OCH3 is 3. The summed E-state index contributed by atoms with van der Waals surface area (Å²) in [6, 6.07) is 2.20. The number of phenolic OH excluding ortho intramolecular Hbond substituents is 1. The van der Waals surface area contributed by atoms with Crippen molar-refractivity contribution in [2.24, 2.45) is 0 Å². The highest BCUT2D eigenvalue weighted by Gasteiger charge is 2.28. The molecule has 0 unspecified atom stereocenters. The van der Waals surface area contributed by atoms with Crippen LogP contribution >= 0.6 is 0 Å². The number of hydrogen-bond donors (Lipinski definition) is 1. The van der Waals surface area contributed by atoms with Crippen molar-refractivity contribution >= 4 is 17.8 Å². The van der Waals surface area contributed by atoms with Crippen molar-refractivity contribution < 1.29 is 33.3 Å². The van der Waals surface area contributed by atoms with Gasteiger partial charge >= 0.3 is 5.97 Å². The molecule has 1 aromatic carbocycles. The summed E-state index contributed by atoms with van der Waals surface area (Å²) >= 11 is 0. The van der Waals surface area contributed by atoms with Gasteiger partial charge in [-0.1, -0.05) is 6.08 Å². The van der Waals surface area contributed by atoms with E-state index in [1.165, 1.54) is 20.3 Å². The van der Waals surface area contributed by atoms with Crippen LogP contribution < -0.4 is 14.9 Å². The molecule has 1 heterocycles. The highest BCUT2D eigenvalue weighted by atomic mass is 16.5. The summed E-state index contributed by atoms with van der Waals surface area (Å²) in [5.74, 6) is -2.14. The van der Waals surface area contributed by atoms with Crippen LogP contribution in [0.3, 0.4) is 0 Å². The second kappa shape index (κ2) is 8.22. The summed E-state index contributed by atoms with van der Waals surface area (Å²) < 4.78 is 20.1. The number of ether oxygens (including phenoxy) is 3. The van der Waals surface area contributed by atoms with Crippen molar-refractivity contribution in [2.45, 2.75) is 6.92 Å². The molecule has 2 aromatic rings. The molecule has 0 amide bonds. The molecule has 1 N–H and O–H groups in total. The average molecular weight is 374 g/mol. The highest BCUT2D eigenvalue weighted by molar-refractivity contribution is 6.16. The Morgan fingerprint density at radius 1 is 1.11 bits per heavy atom. The molecule has 0 fully saturated rings. The lowest BCUT2D eigenvalue weighted by Crippen LogP contribution is -2.21. The van der Waals surface area contributed by atoms with Gasteiger partial charge in [0.2, 0.25) is 17.0 Å². The van der Waals surface area contributed by atoms with Crippen LogP contribution in [-0.2, 0) is 4.74 Å². The molecule has 0 aliphatic carbocycles. The third-order valence-electron chi connectivity index (χ3n) is 3.68. The standard InChI is InChI=1S/C19H18O8/c1-5-6-13-18(25-3)17(22)12(9-27-13)16(21)15-11(19(23)26-4)7-10(20)8-14(15)24-2/h5-9,20H,1-4H3/b6-5+. The van der Waals surface area contributed by atoms with Crippen molar-refractivity contribution in [3.63, 3.8) is 0 Å². The van der Waals surface area contributed by atoms with Gasteiger partial charge in [-0.05, 0) is 19.1 Å². The molecule has 0 saturated heterocycles. The third-order valence-corrected chi connectivity index (χ3v) is 3.68. The summed E-state index contributed by atoms with van der Waals surface area (Å²) in [6.07, 6.45) is 4.13. The Hall–Kier alpha value is -3.55. The summed E-state index contributed by atoms with van der Waals surface area (Å²) in [6.45, 7) is 1.72. The summed E-state index contributed by atoms with van der Waals surface area (Å²) in [4.78, 5) is 37.8. The maximum absolute atomic E-state index is 13.0. The first-order valence-electron chi connectivity index (χ1n) is 7.76. The number of esters is 1. The highest BCUT2D eigenvalue weighted by Crippen LogP contribution is 2.31. The van der Waals surface area contributed by atoms with Gasteiger partial charge in [0, 0.05) is 6.07 Å². The molecule has 0 aliphatic rings. The number of allylic oxidation sites excluding steroid dienone is 1. The predicted molar refractivity (Wildman–Crippen MR) is 95.7 cm³/mol. The smallest absolute Gasteiger partial charge is 0.338 e. The van der Waals surface area contributed by atoms with Gasteiger partial charge in [0.1, 0.15) is 23.3 Å². The van der Waals surface area contributed by atoms with Crippen LogP contribution in [0.5, 0.6) is 17.2 Å². The van der Waals surface area contributed by atoms with E-state index in [1.807, 2.05) is 0 Å². The molecule has 1 aromatic heterocycles. The molecule has 0 atom stereocenters. The van der Waals surface area contributed by atoms with E-state index >= 15 is 0 Å². The van der Waals surface area contributed by atoms with Crippen LogP contribution in [0.2, 0.25) is 0 Å². The van der Waals surface area contributed by atoms with E-state index in [1.54, 1.807) is 13.0 Å². The van der Waals surface area contributed by atoms with Crippen molar-refractivity contribution in [1.82, 2.24) is 0 Å². The van der Waals surface area contributed by atoms with Gasteiger partial charge in [-0.25, -0.2) is 4.79 Å². The average Bonchev–Trinajstić information content (AvgIpc) is 2.66. The van der Waals surface area contributed by atoms with Crippen LogP contribution in [0, 0.1) is 0 Å². The molecule has 2 rings (SSSR count). The maximum Gasteiger partial charge on any atom is 0.338 e. The van der Waals surface area contributed by atoms with Crippen molar-refractivity contribution in [1.29, 1.82) is 0 Å². The second-order valence-corrected chi connectivity index (χ2v) is 5.27. The zero-order valence-corrected chi connectivity index (χ0v) is 15.2. The van der Waals surface area contributed by atoms with Crippen LogP contribution in [0.4, 0.5) is 0 Å². The van der Waals surface area contributed by atoms with Gasteiger partial charge in [0.25, 0.3) is 0 Å². The number of aromatic hydroxyl groups is 1. The normalized spacial score (nSPS) is 10.7. The van der Waals surface area contributed by atoms with E-state index in [9.17, 15) is 19.5 Å². The van der Waals surface area contributed by atoms with E-state index < -0.39 is 17.2 Å². The number of hydrogen-bond acceptors (Lipinski definition) is 8. The van der Waals surface area contributed by atoms with Crippen LogP contribution in [-0.4, -0.2) is 38.2 Å². The SMILES string of the molecule is C/C=C/c1occ(C(=O)c2c(OC)cc(O)cc2C(=O)OC)c(=O)c1OC. The lowest BCUT2D eigenvalue weighted by atomic mass is 9.97. The van der Waals surface area contributed by atoms with E-state index in [0.29, 0.717) is 0 Å². The molecule has 27 heavy (non-hydrogen) atoms. The number of ketones is 1. The van der Waals surface area contributed by atoms with Gasteiger partial charge in [-0.15, -0.1) is 0 Å². The maximum atomic E-state index is 13.0. The predicted octanol–water partition coefficient (Wildman–Crippen LogP) is 2.41. The van der Waals surface area contributed by atoms with Gasteiger partial charge in [0.05, 0.1) is 32.5 Å². The van der Waals surface area contributed by atoms with Gasteiger partial charge in [0.15, 0.2) is 5.76 Å². The van der Waals surface area contributed by atoms with E-state index in [-0.39, 0.29) is 39.7 Å². The number of benzene rings is 1. The van der Waals surface area contributed by atoms with Crippen molar-refractivity contribution in [3.05, 3.63) is 57.1 Å². The molecular weight excluding hydrogens is 356 g/mol. The Morgan fingerprint density at radius 2 is 1.81 bits per heavy atom.